The summed E-state index contributed by atoms with van der Waals surface area (Å²) >= 11 is 18.2. The first-order chi connectivity index (χ1) is 13.0. The maximum atomic E-state index is 12.4. The molecular formula is C19H26Cl3N3O2. The molecule has 1 aromatic carbocycles. The molecule has 2 aliphatic heterocycles. The monoisotopic (exact) mass is 433 g/mol. The Kier molecular flexibility index (Phi) is 8.06. The zero-order chi connectivity index (χ0) is 19.2. The van der Waals surface area contributed by atoms with Gasteiger partial charge in [0.1, 0.15) is 0 Å². The summed E-state index contributed by atoms with van der Waals surface area (Å²) in [4.78, 5) is 17.0. The second kappa shape index (κ2) is 10.3. The summed E-state index contributed by atoms with van der Waals surface area (Å²) in [6.07, 6.45) is 3.51. The fourth-order valence-corrected chi connectivity index (χ4v) is 4.58. The largest absolute Gasteiger partial charge is 0.379 e. The predicted molar refractivity (Wildman–Crippen MR) is 111 cm³/mol. The van der Waals surface area contributed by atoms with Crippen molar-refractivity contribution in [3.05, 3.63) is 27.2 Å². The average Bonchev–Trinajstić information content (AvgIpc) is 2.65. The maximum absolute atomic E-state index is 12.4. The Morgan fingerprint density at radius 1 is 1.04 bits per heavy atom. The number of rotatable bonds is 6. The summed E-state index contributed by atoms with van der Waals surface area (Å²) in [7, 11) is 0. The molecule has 0 aromatic heterocycles. The van der Waals surface area contributed by atoms with Crippen molar-refractivity contribution in [1.29, 1.82) is 0 Å². The molecule has 2 heterocycles. The van der Waals surface area contributed by atoms with Gasteiger partial charge in [-0.25, -0.2) is 0 Å². The van der Waals surface area contributed by atoms with Crippen LogP contribution in [-0.2, 0) is 9.53 Å². The fraction of sp³-hybridized carbons (Fsp3) is 0.632. The van der Waals surface area contributed by atoms with Crippen LogP contribution < -0.4 is 5.32 Å². The van der Waals surface area contributed by atoms with Crippen molar-refractivity contribution in [2.24, 2.45) is 5.92 Å². The zero-order valence-corrected chi connectivity index (χ0v) is 17.6. The quantitative estimate of drug-likeness (QED) is 0.734. The molecule has 0 aliphatic carbocycles. The Labute approximate surface area is 175 Å². The van der Waals surface area contributed by atoms with Gasteiger partial charge in [0.2, 0.25) is 5.91 Å². The normalized spacial score (nSPS) is 20.0. The van der Waals surface area contributed by atoms with Gasteiger partial charge in [0, 0.05) is 18.1 Å². The molecule has 27 heavy (non-hydrogen) atoms. The molecule has 2 fully saturated rings. The van der Waals surface area contributed by atoms with E-state index in [0.29, 0.717) is 27.3 Å². The predicted octanol–water partition coefficient (Wildman–Crippen LogP) is 4.02. The molecule has 0 bridgehead atoms. The molecular weight excluding hydrogens is 409 g/mol. The van der Waals surface area contributed by atoms with Crippen molar-refractivity contribution in [3.8, 4) is 0 Å². The molecule has 0 radical (unpaired) electrons. The van der Waals surface area contributed by atoms with Crippen LogP contribution in [0.25, 0.3) is 0 Å². The van der Waals surface area contributed by atoms with E-state index in [1.165, 1.54) is 6.42 Å². The number of nitrogens with zero attached hydrogens (tertiary/aromatic N) is 2. The van der Waals surface area contributed by atoms with Crippen molar-refractivity contribution in [1.82, 2.24) is 9.80 Å². The third kappa shape index (κ3) is 6.48. The molecule has 2 saturated heterocycles. The highest BCUT2D eigenvalue weighted by molar-refractivity contribution is 6.42. The van der Waals surface area contributed by atoms with Crippen LogP contribution in [0.2, 0.25) is 15.1 Å². The topological polar surface area (TPSA) is 44.8 Å². The van der Waals surface area contributed by atoms with E-state index in [1.807, 2.05) is 0 Å². The molecule has 8 heteroatoms. The molecule has 0 saturated carbocycles. The second-order valence-electron chi connectivity index (χ2n) is 7.25. The maximum Gasteiger partial charge on any atom is 0.238 e. The number of piperidine rings is 1. The van der Waals surface area contributed by atoms with Crippen molar-refractivity contribution in [2.45, 2.75) is 19.3 Å². The third-order valence-electron chi connectivity index (χ3n) is 5.30. The lowest BCUT2D eigenvalue weighted by Gasteiger charge is -2.33. The lowest BCUT2D eigenvalue weighted by Crippen LogP contribution is -2.41. The van der Waals surface area contributed by atoms with E-state index in [1.54, 1.807) is 12.1 Å². The minimum atomic E-state index is -0.104. The van der Waals surface area contributed by atoms with Gasteiger partial charge in [-0.2, -0.15) is 0 Å². The van der Waals surface area contributed by atoms with Gasteiger partial charge in [-0.05, 0) is 56.9 Å². The minimum absolute atomic E-state index is 0.104. The highest BCUT2D eigenvalue weighted by atomic mass is 35.5. The van der Waals surface area contributed by atoms with Crippen LogP contribution in [-0.4, -0.2) is 68.2 Å². The summed E-state index contributed by atoms with van der Waals surface area (Å²) in [6, 6.07) is 3.15. The Morgan fingerprint density at radius 2 is 1.67 bits per heavy atom. The van der Waals surface area contributed by atoms with E-state index >= 15 is 0 Å². The number of carbonyl (C=O) groups is 1. The molecule has 3 rings (SSSR count). The Bertz CT molecular complexity index is 622. The van der Waals surface area contributed by atoms with Crippen molar-refractivity contribution < 1.29 is 9.53 Å². The Morgan fingerprint density at radius 3 is 2.30 bits per heavy atom. The molecule has 1 aromatic rings. The van der Waals surface area contributed by atoms with Crippen LogP contribution >= 0.6 is 34.8 Å². The van der Waals surface area contributed by atoms with Gasteiger partial charge in [0.15, 0.2) is 0 Å². The first-order valence-electron chi connectivity index (χ1n) is 9.48. The Balaban J connectivity index is 1.39. The summed E-state index contributed by atoms with van der Waals surface area (Å²) in [5.41, 5.74) is 0.424. The van der Waals surface area contributed by atoms with Crippen LogP contribution in [0.1, 0.15) is 19.3 Å². The average molecular weight is 435 g/mol. The van der Waals surface area contributed by atoms with E-state index in [0.717, 1.165) is 64.7 Å². The lowest BCUT2D eigenvalue weighted by atomic mass is 9.93. The number of morpholine rings is 1. The minimum Gasteiger partial charge on any atom is -0.379 e. The van der Waals surface area contributed by atoms with Gasteiger partial charge < -0.3 is 10.1 Å². The highest BCUT2D eigenvalue weighted by Crippen LogP contribution is 2.33. The SMILES string of the molecule is O=C(CN1CCC(CCN2CCOCC2)CC1)Nc1c(Cl)cc(Cl)cc1Cl. The van der Waals surface area contributed by atoms with Gasteiger partial charge in [-0.15, -0.1) is 0 Å². The van der Waals surface area contributed by atoms with Crippen molar-refractivity contribution in [2.75, 3.05) is 57.8 Å². The van der Waals surface area contributed by atoms with Crippen LogP contribution in [0.15, 0.2) is 12.1 Å². The molecule has 1 N–H and O–H groups in total. The number of amides is 1. The summed E-state index contributed by atoms with van der Waals surface area (Å²) in [6.45, 7) is 7.22. The fourth-order valence-electron chi connectivity index (χ4n) is 3.67. The number of ether oxygens (including phenoxy) is 1. The number of hydrogen-bond acceptors (Lipinski definition) is 4. The van der Waals surface area contributed by atoms with Crippen LogP contribution in [0, 0.1) is 5.92 Å². The number of anilines is 1. The number of likely N-dealkylation sites (tertiary alicyclic amines) is 1. The number of hydrogen-bond donors (Lipinski definition) is 1. The van der Waals surface area contributed by atoms with Gasteiger partial charge in [-0.3, -0.25) is 14.6 Å². The van der Waals surface area contributed by atoms with Gasteiger partial charge in [0.25, 0.3) is 0 Å². The first-order valence-corrected chi connectivity index (χ1v) is 10.6. The van der Waals surface area contributed by atoms with Crippen LogP contribution in [0.5, 0.6) is 0 Å². The first kappa shape index (κ1) is 21.2. The van der Waals surface area contributed by atoms with E-state index in [-0.39, 0.29) is 5.91 Å². The van der Waals surface area contributed by atoms with Crippen molar-refractivity contribution >= 4 is 46.4 Å². The van der Waals surface area contributed by atoms with Crippen molar-refractivity contribution in [3.63, 3.8) is 0 Å². The number of benzene rings is 1. The van der Waals surface area contributed by atoms with Gasteiger partial charge in [-0.1, -0.05) is 34.8 Å². The molecule has 0 atom stereocenters. The standard InChI is InChI=1S/C19H26Cl3N3O2/c20-15-11-16(21)19(17(22)12-15)23-18(26)13-25-5-2-14(3-6-25)1-4-24-7-9-27-10-8-24/h11-12,14H,1-10,13H2,(H,23,26). The van der Waals surface area contributed by atoms with E-state index < -0.39 is 0 Å². The lowest BCUT2D eigenvalue weighted by molar-refractivity contribution is -0.117. The molecule has 150 valence electrons. The summed E-state index contributed by atoms with van der Waals surface area (Å²) in [5, 5.41) is 3.96. The number of halogens is 3. The number of nitrogens with one attached hydrogen (secondary N) is 1. The highest BCUT2D eigenvalue weighted by Gasteiger charge is 2.22. The Hall–Kier alpha value is -0.560. The molecule has 0 spiro atoms. The summed E-state index contributed by atoms with van der Waals surface area (Å²) in [5.74, 6) is 0.639. The van der Waals surface area contributed by atoms with Gasteiger partial charge in [0.05, 0.1) is 35.5 Å². The summed E-state index contributed by atoms with van der Waals surface area (Å²) < 4.78 is 5.40. The van der Waals surface area contributed by atoms with Gasteiger partial charge >= 0.3 is 0 Å². The van der Waals surface area contributed by atoms with E-state index in [2.05, 4.69) is 15.1 Å². The van der Waals surface area contributed by atoms with E-state index in [4.69, 9.17) is 39.5 Å². The smallest absolute Gasteiger partial charge is 0.238 e. The third-order valence-corrected chi connectivity index (χ3v) is 6.12. The molecule has 1 amide bonds. The number of carbonyl (C=O) groups excluding carboxylic acids is 1. The van der Waals surface area contributed by atoms with E-state index in [9.17, 15) is 4.79 Å². The molecule has 2 aliphatic rings. The molecule has 0 unspecified atom stereocenters. The zero-order valence-electron chi connectivity index (χ0n) is 15.4. The van der Waals surface area contributed by atoms with Crippen LogP contribution in [0.3, 0.4) is 0 Å². The molecule has 5 nitrogen and oxygen atoms in total. The second-order valence-corrected chi connectivity index (χ2v) is 8.51. The van der Waals surface area contributed by atoms with Crippen LogP contribution in [0.4, 0.5) is 5.69 Å².